The smallest absolute Gasteiger partial charge is 0.306 e. The zero-order chi connectivity index (χ0) is 12.3. The zero-order valence-corrected chi connectivity index (χ0v) is 8.92. The van der Waals surface area contributed by atoms with E-state index < -0.39 is 24.6 Å². The molecule has 0 fully saturated rings. The minimum atomic E-state index is -1.36. The Kier molecular flexibility index (Phi) is 3.87. The van der Waals surface area contributed by atoms with Crippen LogP contribution in [0.4, 0.5) is 5.69 Å². The van der Waals surface area contributed by atoms with Gasteiger partial charge in [0.15, 0.2) is 0 Å². The monoisotopic (exact) mass is 225 g/mol. The second kappa shape index (κ2) is 4.96. The van der Waals surface area contributed by atoms with Crippen molar-refractivity contribution in [2.75, 3.05) is 5.73 Å². The van der Waals surface area contributed by atoms with Gasteiger partial charge in [0.25, 0.3) is 0 Å². The van der Waals surface area contributed by atoms with Crippen molar-refractivity contribution < 1.29 is 20.1 Å². The number of nitrogens with two attached hydrogens (primary N) is 1. The van der Waals surface area contributed by atoms with E-state index in [0.29, 0.717) is 11.3 Å². The SMILES string of the molecule is Cc1cccc(C(O)C(O)CC(=O)O)c1N. The second-order valence-corrected chi connectivity index (χ2v) is 3.69. The molecule has 0 heterocycles. The third-order valence-electron chi connectivity index (χ3n) is 2.42. The first kappa shape index (κ1) is 12.5. The number of carbonyl (C=O) groups is 1. The summed E-state index contributed by atoms with van der Waals surface area (Å²) < 4.78 is 0. The minimum absolute atomic E-state index is 0.355. The van der Waals surface area contributed by atoms with Gasteiger partial charge in [0.2, 0.25) is 0 Å². The molecule has 88 valence electrons. The zero-order valence-electron chi connectivity index (χ0n) is 8.92. The van der Waals surface area contributed by atoms with Gasteiger partial charge < -0.3 is 21.1 Å². The van der Waals surface area contributed by atoms with Gasteiger partial charge in [-0.15, -0.1) is 0 Å². The van der Waals surface area contributed by atoms with Crippen LogP contribution in [0.25, 0.3) is 0 Å². The van der Waals surface area contributed by atoms with Gasteiger partial charge in [-0.1, -0.05) is 18.2 Å². The predicted octanol–water partition coefficient (Wildman–Crippen LogP) is 0.446. The number of aliphatic hydroxyl groups excluding tert-OH is 2. The summed E-state index contributed by atoms with van der Waals surface area (Å²) in [5.41, 5.74) is 7.24. The van der Waals surface area contributed by atoms with E-state index in [9.17, 15) is 15.0 Å². The molecule has 16 heavy (non-hydrogen) atoms. The number of carboxylic acid groups (broad SMARTS) is 1. The molecule has 0 saturated heterocycles. The Morgan fingerprint density at radius 3 is 2.62 bits per heavy atom. The molecule has 0 aliphatic heterocycles. The molecule has 0 spiro atoms. The lowest BCUT2D eigenvalue weighted by molar-refractivity contribution is -0.141. The molecule has 2 atom stereocenters. The number of benzene rings is 1. The molecule has 0 saturated carbocycles. The summed E-state index contributed by atoms with van der Waals surface area (Å²) >= 11 is 0. The van der Waals surface area contributed by atoms with Crippen LogP contribution >= 0.6 is 0 Å². The van der Waals surface area contributed by atoms with Crippen molar-refractivity contribution in [2.24, 2.45) is 0 Å². The van der Waals surface area contributed by atoms with Crippen molar-refractivity contribution in [3.63, 3.8) is 0 Å². The maximum atomic E-state index is 10.4. The van der Waals surface area contributed by atoms with E-state index >= 15 is 0 Å². The topological polar surface area (TPSA) is 104 Å². The summed E-state index contributed by atoms with van der Waals surface area (Å²) in [6.07, 6.45) is -3.16. The van der Waals surface area contributed by atoms with Gasteiger partial charge in [0, 0.05) is 11.3 Å². The fourth-order valence-electron chi connectivity index (χ4n) is 1.46. The molecule has 1 aromatic rings. The molecule has 5 heteroatoms. The van der Waals surface area contributed by atoms with Gasteiger partial charge in [-0.25, -0.2) is 0 Å². The fraction of sp³-hybridized carbons (Fsp3) is 0.364. The maximum absolute atomic E-state index is 10.4. The van der Waals surface area contributed by atoms with E-state index in [-0.39, 0.29) is 0 Å². The predicted molar refractivity (Wildman–Crippen MR) is 58.8 cm³/mol. The first-order valence-electron chi connectivity index (χ1n) is 4.86. The van der Waals surface area contributed by atoms with Gasteiger partial charge in [0.1, 0.15) is 6.10 Å². The Labute approximate surface area is 93.1 Å². The number of carboxylic acids is 1. The molecular weight excluding hydrogens is 210 g/mol. The minimum Gasteiger partial charge on any atom is -0.481 e. The molecule has 0 aromatic heterocycles. The third-order valence-corrected chi connectivity index (χ3v) is 2.42. The molecule has 0 aliphatic carbocycles. The Balaban J connectivity index is 2.91. The molecule has 2 unspecified atom stereocenters. The highest BCUT2D eigenvalue weighted by molar-refractivity contribution is 5.67. The number of para-hydroxylation sites is 1. The molecular formula is C11H15NO4. The maximum Gasteiger partial charge on any atom is 0.306 e. The summed E-state index contributed by atoms with van der Waals surface area (Å²) in [5.74, 6) is -1.17. The van der Waals surface area contributed by atoms with Crippen molar-refractivity contribution in [3.05, 3.63) is 29.3 Å². The highest BCUT2D eigenvalue weighted by Gasteiger charge is 2.23. The standard InChI is InChI=1S/C11H15NO4/c1-6-3-2-4-7(10(6)12)11(16)8(13)5-9(14)15/h2-4,8,11,13,16H,5,12H2,1H3,(H,14,15). The van der Waals surface area contributed by atoms with Crippen molar-refractivity contribution in [2.45, 2.75) is 25.6 Å². The van der Waals surface area contributed by atoms with Gasteiger partial charge in [0.05, 0.1) is 12.5 Å². The molecule has 0 amide bonds. The highest BCUT2D eigenvalue weighted by atomic mass is 16.4. The van der Waals surface area contributed by atoms with Crippen molar-refractivity contribution in [1.29, 1.82) is 0 Å². The van der Waals surface area contributed by atoms with Crippen molar-refractivity contribution in [1.82, 2.24) is 0 Å². The molecule has 0 bridgehead atoms. The first-order valence-corrected chi connectivity index (χ1v) is 4.86. The van der Waals surface area contributed by atoms with E-state index in [0.717, 1.165) is 5.56 Å². The number of rotatable bonds is 4. The summed E-state index contributed by atoms with van der Waals surface area (Å²) in [7, 11) is 0. The normalized spacial score (nSPS) is 14.4. The number of nitrogen functional groups attached to an aromatic ring is 1. The Bertz CT molecular complexity index is 392. The van der Waals surface area contributed by atoms with Gasteiger partial charge >= 0.3 is 5.97 Å². The van der Waals surface area contributed by atoms with E-state index in [2.05, 4.69) is 0 Å². The Hall–Kier alpha value is -1.59. The molecule has 0 radical (unpaired) electrons. The molecule has 1 aromatic carbocycles. The summed E-state index contributed by atoms with van der Waals surface area (Å²) in [6, 6.07) is 5.03. The van der Waals surface area contributed by atoms with Crippen LogP contribution in [-0.4, -0.2) is 27.4 Å². The lowest BCUT2D eigenvalue weighted by atomic mass is 9.98. The molecule has 5 nitrogen and oxygen atoms in total. The quantitative estimate of drug-likeness (QED) is 0.557. The van der Waals surface area contributed by atoms with Gasteiger partial charge in [-0.2, -0.15) is 0 Å². The lowest BCUT2D eigenvalue weighted by Gasteiger charge is -2.19. The van der Waals surface area contributed by atoms with E-state index in [1.807, 2.05) is 0 Å². The van der Waals surface area contributed by atoms with Crippen LogP contribution in [0, 0.1) is 6.92 Å². The van der Waals surface area contributed by atoms with E-state index in [1.54, 1.807) is 25.1 Å². The molecule has 1 rings (SSSR count). The van der Waals surface area contributed by atoms with Crippen LogP contribution in [0.1, 0.15) is 23.7 Å². The average molecular weight is 225 g/mol. The van der Waals surface area contributed by atoms with Crippen molar-refractivity contribution >= 4 is 11.7 Å². The summed E-state index contributed by atoms with van der Waals surface area (Å²) in [6.45, 7) is 1.77. The number of hydrogen-bond donors (Lipinski definition) is 4. The third kappa shape index (κ3) is 2.71. The summed E-state index contributed by atoms with van der Waals surface area (Å²) in [4.78, 5) is 10.4. The lowest BCUT2D eigenvalue weighted by Crippen LogP contribution is -2.22. The number of anilines is 1. The van der Waals surface area contributed by atoms with Crippen molar-refractivity contribution in [3.8, 4) is 0 Å². The average Bonchev–Trinajstić information content (AvgIpc) is 2.20. The van der Waals surface area contributed by atoms with Gasteiger partial charge in [-0.3, -0.25) is 4.79 Å². The van der Waals surface area contributed by atoms with Crippen LogP contribution < -0.4 is 5.73 Å². The first-order chi connectivity index (χ1) is 7.43. The molecule has 0 aliphatic rings. The Morgan fingerprint density at radius 1 is 1.44 bits per heavy atom. The van der Waals surface area contributed by atoms with Gasteiger partial charge in [-0.05, 0) is 12.5 Å². The van der Waals surface area contributed by atoms with Crippen LogP contribution in [0.2, 0.25) is 0 Å². The Morgan fingerprint density at radius 2 is 2.06 bits per heavy atom. The fourth-order valence-corrected chi connectivity index (χ4v) is 1.46. The van der Waals surface area contributed by atoms with Crippen LogP contribution in [-0.2, 0) is 4.79 Å². The van der Waals surface area contributed by atoms with E-state index in [4.69, 9.17) is 10.8 Å². The second-order valence-electron chi connectivity index (χ2n) is 3.69. The van der Waals surface area contributed by atoms with Crippen LogP contribution in [0.5, 0.6) is 0 Å². The number of aliphatic hydroxyl groups is 2. The van der Waals surface area contributed by atoms with Crippen LogP contribution in [0.15, 0.2) is 18.2 Å². The van der Waals surface area contributed by atoms with Crippen LogP contribution in [0.3, 0.4) is 0 Å². The molecule has 5 N–H and O–H groups in total. The summed E-state index contributed by atoms with van der Waals surface area (Å²) in [5, 5.41) is 27.7. The highest BCUT2D eigenvalue weighted by Crippen LogP contribution is 2.26. The number of hydrogen-bond acceptors (Lipinski definition) is 4. The van der Waals surface area contributed by atoms with E-state index in [1.165, 1.54) is 0 Å². The number of aliphatic carboxylic acids is 1. The largest absolute Gasteiger partial charge is 0.481 e. The number of aryl methyl sites for hydroxylation is 1.